The zero-order chi connectivity index (χ0) is 16.8. The van der Waals surface area contributed by atoms with Gasteiger partial charge in [-0.1, -0.05) is 0 Å². The lowest BCUT2D eigenvalue weighted by Gasteiger charge is -2.10. The van der Waals surface area contributed by atoms with Crippen molar-refractivity contribution in [2.45, 2.75) is 31.6 Å². The van der Waals surface area contributed by atoms with E-state index in [9.17, 15) is 9.59 Å². The third-order valence-corrected chi connectivity index (χ3v) is 4.08. The summed E-state index contributed by atoms with van der Waals surface area (Å²) in [5.74, 6) is 0.849. The SMILES string of the molecule is COc1ccc(OC)c(C2CC2C(=O)NCCCCC(=O)O)c1. The van der Waals surface area contributed by atoms with E-state index < -0.39 is 5.97 Å². The highest BCUT2D eigenvalue weighted by molar-refractivity contribution is 5.83. The first-order chi connectivity index (χ1) is 11.1. The topological polar surface area (TPSA) is 84.9 Å². The molecule has 1 aromatic carbocycles. The van der Waals surface area contributed by atoms with Crippen LogP contribution in [0.4, 0.5) is 0 Å². The molecule has 0 bridgehead atoms. The number of unbranched alkanes of at least 4 members (excludes halogenated alkanes) is 1. The van der Waals surface area contributed by atoms with Gasteiger partial charge in [0.15, 0.2) is 0 Å². The van der Waals surface area contributed by atoms with Gasteiger partial charge in [0.25, 0.3) is 0 Å². The molecular formula is C17H23NO5. The van der Waals surface area contributed by atoms with Crippen molar-refractivity contribution in [3.63, 3.8) is 0 Å². The number of aliphatic carboxylic acids is 1. The maximum absolute atomic E-state index is 12.1. The fourth-order valence-electron chi connectivity index (χ4n) is 2.70. The van der Waals surface area contributed by atoms with Gasteiger partial charge in [-0.05, 0) is 37.5 Å². The number of carboxylic acids is 1. The number of carbonyl (C=O) groups excluding carboxylic acids is 1. The van der Waals surface area contributed by atoms with Gasteiger partial charge in [-0.15, -0.1) is 0 Å². The Kier molecular flexibility index (Phi) is 5.84. The molecule has 0 aliphatic heterocycles. The molecule has 2 N–H and O–H groups in total. The van der Waals surface area contributed by atoms with Gasteiger partial charge >= 0.3 is 5.97 Å². The molecular weight excluding hydrogens is 298 g/mol. The fourth-order valence-corrected chi connectivity index (χ4v) is 2.70. The minimum atomic E-state index is -0.802. The molecule has 1 aliphatic rings. The van der Waals surface area contributed by atoms with E-state index in [2.05, 4.69) is 5.32 Å². The van der Waals surface area contributed by atoms with Crippen LogP contribution in [0.2, 0.25) is 0 Å². The molecule has 2 rings (SSSR count). The Morgan fingerprint density at radius 2 is 2.04 bits per heavy atom. The average molecular weight is 321 g/mol. The van der Waals surface area contributed by atoms with Crippen LogP contribution in [-0.2, 0) is 9.59 Å². The lowest BCUT2D eigenvalue weighted by molar-refractivity contribution is -0.137. The first kappa shape index (κ1) is 17.1. The van der Waals surface area contributed by atoms with Gasteiger partial charge in [-0.2, -0.15) is 0 Å². The second-order valence-electron chi connectivity index (χ2n) is 5.70. The van der Waals surface area contributed by atoms with Crippen LogP contribution in [0, 0.1) is 5.92 Å². The maximum atomic E-state index is 12.1. The maximum Gasteiger partial charge on any atom is 0.303 e. The van der Waals surface area contributed by atoms with E-state index in [-0.39, 0.29) is 24.2 Å². The van der Waals surface area contributed by atoms with Crippen LogP contribution < -0.4 is 14.8 Å². The van der Waals surface area contributed by atoms with E-state index >= 15 is 0 Å². The predicted octanol–water partition coefficient (Wildman–Crippen LogP) is 2.18. The Bertz CT molecular complexity index is 572. The summed E-state index contributed by atoms with van der Waals surface area (Å²) in [5, 5.41) is 11.4. The monoisotopic (exact) mass is 321 g/mol. The molecule has 6 heteroatoms. The molecule has 2 unspecified atom stereocenters. The Hall–Kier alpha value is -2.24. The molecule has 0 aromatic heterocycles. The van der Waals surface area contributed by atoms with Crippen LogP contribution in [0.5, 0.6) is 11.5 Å². The van der Waals surface area contributed by atoms with Crippen molar-refractivity contribution < 1.29 is 24.2 Å². The number of rotatable bonds is 9. The largest absolute Gasteiger partial charge is 0.497 e. The third-order valence-electron chi connectivity index (χ3n) is 4.08. The number of amides is 1. The van der Waals surface area contributed by atoms with E-state index in [1.165, 1.54) is 0 Å². The van der Waals surface area contributed by atoms with Crippen molar-refractivity contribution in [1.29, 1.82) is 0 Å². The molecule has 1 aromatic rings. The quantitative estimate of drug-likeness (QED) is 0.681. The summed E-state index contributed by atoms with van der Waals surface area (Å²) in [6.07, 6.45) is 2.19. The highest BCUT2D eigenvalue weighted by Crippen LogP contribution is 2.51. The van der Waals surface area contributed by atoms with Crippen molar-refractivity contribution in [2.24, 2.45) is 5.92 Å². The Morgan fingerprint density at radius 3 is 2.70 bits per heavy atom. The van der Waals surface area contributed by atoms with Gasteiger partial charge in [0.1, 0.15) is 11.5 Å². The highest BCUT2D eigenvalue weighted by atomic mass is 16.5. The van der Waals surface area contributed by atoms with Crippen LogP contribution >= 0.6 is 0 Å². The molecule has 126 valence electrons. The van der Waals surface area contributed by atoms with Gasteiger partial charge in [0.2, 0.25) is 5.91 Å². The van der Waals surface area contributed by atoms with Gasteiger partial charge in [-0.3, -0.25) is 9.59 Å². The summed E-state index contributed by atoms with van der Waals surface area (Å²) >= 11 is 0. The molecule has 6 nitrogen and oxygen atoms in total. The van der Waals surface area contributed by atoms with E-state index in [0.717, 1.165) is 23.5 Å². The minimum absolute atomic E-state index is 0.0233. The van der Waals surface area contributed by atoms with E-state index in [4.69, 9.17) is 14.6 Å². The zero-order valence-electron chi connectivity index (χ0n) is 13.5. The fraction of sp³-hybridized carbons (Fsp3) is 0.529. The van der Waals surface area contributed by atoms with Crippen LogP contribution in [0.25, 0.3) is 0 Å². The number of benzene rings is 1. The van der Waals surface area contributed by atoms with E-state index in [1.54, 1.807) is 14.2 Å². The third kappa shape index (κ3) is 4.61. The summed E-state index contributed by atoms with van der Waals surface area (Å²) in [4.78, 5) is 22.6. The summed E-state index contributed by atoms with van der Waals surface area (Å²) < 4.78 is 10.6. The number of carbonyl (C=O) groups is 2. The van der Waals surface area contributed by atoms with Crippen LogP contribution in [0.1, 0.15) is 37.2 Å². The number of ether oxygens (including phenoxy) is 2. The molecule has 0 spiro atoms. The van der Waals surface area contributed by atoms with Crippen LogP contribution in [0.15, 0.2) is 18.2 Å². The zero-order valence-corrected chi connectivity index (χ0v) is 13.5. The van der Waals surface area contributed by atoms with Gasteiger partial charge in [-0.25, -0.2) is 0 Å². The Balaban J connectivity index is 1.84. The van der Waals surface area contributed by atoms with Crippen LogP contribution in [0.3, 0.4) is 0 Å². The molecule has 1 fully saturated rings. The van der Waals surface area contributed by atoms with Crippen molar-refractivity contribution >= 4 is 11.9 Å². The minimum Gasteiger partial charge on any atom is -0.497 e. The number of carboxylic acid groups (broad SMARTS) is 1. The molecule has 0 heterocycles. The molecule has 1 saturated carbocycles. The van der Waals surface area contributed by atoms with Crippen molar-refractivity contribution in [2.75, 3.05) is 20.8 Å². The molecule has 23 heavy (non-hydrogen) atoms. The number of hydrogen-bond acceptors (Lipinski definition) is 4. The molecule has 0 radical (unpaired) electrons. The first-order valence-corrected chi connectivity index (χ1v) is 7.78. The van der Waals surface area contributed by atoms with E-state index in [0.29, 0.717) is 19.4 Å². The Morgan fingerprint density at radius 1 is 1.26 bits per heavy atom. The standard InChI is InChI=1S/C17H23NO5/c1-22-11-6-7-15(23-2)13(9-11)12-10-14(12)17(21)18-8-4-3-5-16(19)20/h6-7,9,12,14H,3-5,8,10H2,1-2H3,(H,18,21)(H,19,20). The van der Waals surface area contributed by atoms with Gasteiger partial charge < -0.3 is 19.9 Å². The second-order valence-corrected chi connectivity index (χ2v) is 5.70. The highest BCUT2D eigenvalue weighted by Gasteiger charge is 2.45. The summed E-state index contributed by atoms with van der Waals surface area (Å²) in [6.45, 7) is 0.518. The number of nitrogens with one attached hydrogen (secondary N) is 1. The molecule has 2 atom stereocenters. The number of methoxy groups -OCH3 is 2. The average Bonchev–Trinajstić information content (AvgIpc) is 3.34. The van der Waals surface area contributed by atoms with Crippen LogP contribution in [-0.4, -0.2) is 37.7 Å². The Labute approximate surface area is 135 Å². The molecule has 0 saturated heterocycles. The van der Waals surface area contributed by atoms with E-state index in [1.807, 2.05) is 18.2 Å². The first-order valence-electron chi connectivity index (χ1n) is 7.78. The van der Waals surface area contributed by atoms with Gasteiger partial charge in [0, 0.05) is 30.4 Å². The molecule has 1 amide bonds. The number of hydrogen-bond donors (Lipinski definition) is 2. The van der Waals surface area contributed by atoms with Gasteiger partial charge in [0.05, 0.1) is 14.2 Å². The molecule has 1 aliphatic carbocycles. The summed E-state index contributed by atoms with van der Waals surface area (Å²) in [6, 6.07) is 5.61. The normalized spacial score (nSPS) is 19.0. The summed E-state index contributed by atoms with van der Waals surface area (Å²) in [5.41, 5.74) is 0.998. The second kappa shape index (κ2) is 7.85. The summed E-state index contributed by atoms with van der Waals surface area (Å²) in [7, 11) is 3.23. The van der Waals surface area contributed by atoms with Crippen molar-refractivity contribution in [3.05, 3.63) is 23.8 Å². The lowest BCUT2D eigenvalue weighted by Crippen LogP contribution is -2.26. The predicted molar refractivity (Wildman–Crippen MR) is 84.9 cm³/mol. The smallest absolute Gasteiger partial charge is 0.303 e. The van der Waals surface area contributed by atoms with Crippen molar-refractivity contribution in [3.8, 4) is 11.5 Å². The lowest BCUT2D eigenvalue weighted by atomic mass is 10.1. The van der Waals surface area contributed by atoms with Crippen molar-refractivity contribution in [1.82, 2.24) is 5.32 Å².